The van der Waals surface area contributed by atoms with Crippen molar-refractivity contribution in [3.63, 3.8) is 0 Å². The first-order valence-electron chi connectivity index (χ1n) is 5.10. The van der Waals surface area contributed by atoms with E-state index in [0.717, 1.165) is 18.7 Å². The highest BCUT2D eigenvalue weighted by molar-refractivity contribution is 6.31. The number of rotatable bonds is 0. The molecule has 1 aromatic rings. The molecule has 2 heterocycles. The van der Waals surface area contributed by atoms with Gasteiger partial charge in [-0.25, -0.2) is 0 Å². The van der Waals surface area contributed by atoms with Crippen LogP contribution in [0.2, 0.25) is 5.02 Å². The first-order chi connectivity index (χ1) is 7.74. The highest BCUT2D eigenvalue weighted by Gasteiger charge is 2.30. The monoisotopic (exact) mass is 236 g/mol. The quantitative estimate of drug-likeness (QED) is 0.694. The topological polar surface area (TPSA) is 41.9 Å². The average molecular weight is 237 g/mol. The minimum absolute atomic E-state index is 0.128. The van der Waals surface area contributed by atoms with Gasteiger partial charge in [0.05, 0.1) is 5.69 Å². The Bertz CT molecular complexity index is 499. The van der Waals surface area contributed by atoms with Crippen molar-refractivity contribution in [1.82, 2.24) is 0 Å². The van der Waals surface area contributed by atoms with Gasteiger partial charge in [-0.15, -0.1) is 0 Å². The first-order valence-corrected chi connectivity index (χ1v) is 5.48. The Kier molecular flexibility index (Phi) is 2.11. The summed E-state index contributed by atoms with van der Waals surface area (Å²) in [5.41, 5.74) is 0.890. The van der Waals surface area contributed by atoms with Gasteiger partial charge in [0.1, 0.15) is 0 Å². The molecule has 0 aliphatic carbocycles. The summed E-state index contributed by atoms with van der Waals surface area (Å²) in [6.07, 6.45) is 1.25. The van der Waals surface area contributed by atoms with Gasteiger partial charge in [-0.1, -0.05) is 11.6 Å². The molecule has 0 bridgehead atoms. The van der Waals surface area contributed by atoms with Gasteiger partial charge in [-0.2, -0.15) is 4.99 Å². The zero-order chi connectivity index (χ0) is 11.1. The summed E-state index contributed by atoms with van der Waals surface area (Å²) in [7, 11) is 0. The predicted molar refractivity (Wildman–Crippen MR) is 61.1 cm³/mol. The Morgan fingerprint density at radius 1 is 1.44 bits per heavy atom. The molecule has 0 aromatic heterocycles. The standard InChI is InChI=1S/C11H9ClN2O2/c12-7-3-4-9-8(6-7)14-5-1-2-10(15)13-11(14)16-9/h3-4,6H,1-2,5H2. The van der Waals surface area contributed by atoms with E-state index in [1.807, 2.05) is 11.0 Å². The van der Waals surface area contributed by atoms with Gasteiger partial charge in [0.2, 0.25) is 5.91 Å². The van der Waals surface area contributed by atoms with E-state index in [1.165, 1.54) is 0 Å². The molecule has 0 saturated carbocycles. The van der Waals surface area contributed by atoms with Crippen LogP contribution in [0.25, 0.3) is 0 Å². The van der Waals surface area contributed by atoms with Crippen molar-refractivity contribution < 1.29 is 9.53 Å². The van der Waals surface area contributed by atoms with Crippen LogP contribution in [-0.4, -0.2) is 18.5 Å². The van der Waals surface area contributed by atoms with Crippen molar-refractivity contribution in [3.8, 4) is 5.75 Å². The number of fused-ring (bicyclic) bond motifs is 3. The molecule has 0 saturated heterocycles. The Balaban J connectivity index is 2.08. The summed E-state index contributed by atoms with van der Waals surface area (Å²) in [5.74, 6) is 0.578. The SMILES string of the molecule is O=C1CCCN2C(=N1)Oc1ccc(Cl)cc12. The molecule has 1 aromatic carbocycles. The van der Waals surface area contributed by atoms with E-state index in [-0.39, 0.29) is 5.91 Å². The maximum absolute atomic E-state index is 11.3. The fourth-order valence-corrected chi connectivity index (χ4v) is 2.06. The van der Waals surface area contributed by atoms with Crippen molar-refractivity contribution in [2.45, 2.75) is 12.8 Å². The number of halogens is 1. The molecule has 5 heteroatoms. The van der Waals surface area contributed by atoms with Crippen molar-refractivity contribution in [2.75, 3.05) is 11.4 Å². The smallest absolute Gasteiger partial charge is 0.305 e. The van der Waals surface area contributed by atoms with Crippen LogP contribution in [-0.2, 0) is 4.79 Å². The molecule has 0 unspecified atom stereocenters. The van der Waals surface area contributed by atoms with Crippen LogP contribution in [0.5, 0.6) is 5.75 Å². The van der Waals surface area contributed by atoms with Gasteiger partial charge in [0, 0.05) is 18.0 Å². The lowest BCUT2D eigenvalue weighted by Crippen LogP contribution is -2.29. The summed E-state index contributed by atoms with van der Waals surface area (Å²) in [5, 5.41) is 0.652. The molecule has 3 rings (SSSR count). The average Bonchev–Trinajstić information content (AvgIpc) is 2.46. The second-order valence-electron chi connectivity index (χ2n) is 3.76. The van der Waals surface area contributed by atoms with Gasteiger partial charge in [-0.05, 0) is 24.6 Å². The summed E-state index contributed by atoms with van der Waals surface area (Å²) >= 11 is 5.94. The number of hydrogen-bond donors (Lipinski definition) is 0. The van der Waals surface area contributed by atoms with Crippen LogP contribution in [0.1, 0.15) is 12.8 Å². The molecule has 4 nitrogen and oxygen atoms in total. The molecule has 16 heavy (non-hydrogen) atoms. The third-order valence-electron chi connectivity index (χ3n) is 2.64. The molecule has 1 amide bonds. The van der Waals surface area contributed by atoms with Crippen LogP contribution < -0.4 is 9.64 Å². The maximum Gasteiger partial charge on any atom is 0.305 e. The second kappa shape index (κ2) is 3.49. The second-order valence-corrected chi connectivity index (χ2v) is 4.19. The minimum atomic E-state index is -0.128. The van der Waals surface area contributed by atoms with Gasteiger partial charge in [0.25, 0.3) is 0 Å². The number of nitrogens with zero attached hydrogens (tertiary/aromatic N) is 2. The lowest BCUT2D eigenvalue weighted by molar-refractivity contribution is -0.117. The number of amidine groups is 1. The van der Waals surface area contributed by atoms with Gasteiger partial charge >= 0.3 is 6.02 Å². The van der Waals surface area contributed by atoms with Crippen LogP contribution >= 0.6 is 11.6 Å². The van der Waals surface area contributed by atoms with Crippen molar-refractivity contribution in [2.24, 2.45) is 4.99 Å². The fourth-order valence-electron chi connectivity index (χ4n) is 1.89. The number of ether oxygens (including phenoxy) is 1. The number of hydrogen-bond acceptors (Lipinski definition) is 3. The van der Waals surface area contributed by atoms with Gasteiger partial charge in [0.15, 0.2) is 5.75 Å². The summed E-state index contributed by atoms with van der Waals surface area (Å²) < 4.78 is 5.51. The molecule has 0 atom stereocenters. The largest absolute Gasteiger partial charge is 0.423 e. The molecular formula is C11H9ClN2O2. The third kappa shape index (κ3) is 1.46. The Hall–Kier alpha value is -1.55. The molecule has 2 aliphatic heterocycles. The van der Waals surface area contributed by atoms with Crippen molar-refractivity contribution in [3.05, 3.63) is 23.2 Å². The molecule has 0 fully saturated rings. The van der Waals surface area contributed by atoms with Crippen molar-refractivity contribution >= 4 is 29.2 Å². The lowest BCUT2D eigenvalue weighted by Gasteiger charge is -2.13. The maximum atomic E-state index is 11.3. The van der Waals surface area contributed by atoms with E-state index in [1.54, 1.807) is 12.1 Å². The normalized spacial score (nSPS) is 18.4. The van der Waals surface area contributed by atoms with E-state index in [4.69, 9.17) is 16.3 Å². The Morgan fingerprint density at radius 2 is 2.31 bits per heavy atom. The zero-order valence-electron chi connectivity index (χ0n) is 8.44. The fraction of sp³-hybridized carbons (Fsp3) is 0.273. The Labute approximate surface area is 97.5 Å². The summed E-state index contributed by atoms with van der Waals surface area (Å²) in [6.45, 7) is 0.734. The van der Waals surface area contributed by atoms with Crippen LogP contribution in [0.15, 0.2) is 23.2 Å². The van der Waals surface area contributed by atoms with E-state index < -0.39 is 0 Å². The van der Waals surface area contributed by atoms with Crippen LogP contribution in [0.4, 0.5) is 5.69 Å². The number of carbonyl (C=O) groups excluding carboxylic acids is 1. The molecule has 82 valence electrons. The van der Waals surface area contributed by atoms with E-state index in [2.05, 4.69) is 4.99 Å². The first kappa shape index (κ1) is 9.66. The van der Waals surface area contributed by atoms with Gasteiger partial charge < -0.3 is 4.74 Å². The van der Waals surface area contributed by atoms with E-state index in [0.29, 0.717) is 23.2 Å². The number of anilines is 1. The number of aliphatic imine (C=N–C) groups is 1. The van der Waals surface area contributed by atoms with Crippen LogP contribution in [0.3, 0.4) is 0 Å². The summed E-state index contributed by atoms with van der Waals surface area (Å²) in [6, 6.07) is 5.75. The summed E-state index contributed by atoms with van der Waals surface area (Å²) in [4.78, 5) is 17.1. The van der Waals surface area contributed by atoms with Crippen LogP contribution in [0, 0.1) is 0 Å². The molecule has 0 N–H and O–H groups in total. The lowest BCUT2D eigenvalue weighted by atomic mass is 10.2. The minimum Gasteiger partial charge on any atom is -0.423 e. The van der Waals surface area contributed by atoms with E-state index >= 15 is 0 Å². The van der Waals surface area contributed by atoms with Crippen molar-refractivity contribution in [1.29, 1.82) is 0 Å². The number of carbonyl (C=O) groups is 1. The number of benzene rings is 1. The van der Waals surface area contributed by atoms with E-state index in [9.17, 15) is 4.79 Å². The molecule has 0 spiro atoms. The molecular weight excluding hydrogens is 228 g/mol. The number of amides is 1. The van der Waals surface area contributed by atoms with Gasteiger partial charge in [-0.3, -0.25) is 9.69 Å². The highest BCUT2D eigenvalue weighted by atomic mass is 35.5. The molecule has 0 radical (unpaired) electrons. The molecule has 2 aliphatic rings. The highest BCUT2D eigenvalue weighted by Crippen LogP contribution is 2.37. The predicted octanol–water partition coefficient (Wildman–Crippen LogP) is 2.22. The zero-order valence-corrected chi connectivity index (χ0v) is 9.20. The third-order valence-corrected chi connectivity index (χ3v) is 2.87. The Morgan fingerprint density at radius 3 is 3.19 bits per heavy atom.